The van der Waals surface area contributed by atoms with Gasteiger partial charge in [-0.2, -0.15) is 0 Å². The van der Waals surface area contributed by atoms with Crippen LogP contribution in [0.2, 0.25) is 5.02 Å². The van der Waals surface area contributed by atoms with E-state index in [4.69, 9.17) is 17.3 Å². The molecule has 1 aliphatic rings. The molecule has 0 radical (unpaired) electrons. The van der Waals surface area contributed by atoms with Gasteiger partial charge in [-0.05, 0) is 37.5 Å². The van der Waals surface area contributed by atoms with Gasteiger partial charge in [-0.1, -0.05) is 23.7 Å². The lowest BCUT2D eigenvalue weighted by Gasteiger charge is -2.30. The topological polar surface area (TPSA) is 46.3 Å². The third-order valence-corrected chi connectivity index (χ3v) is 3.61. The van der Waals surface area contributed by atoms with E-state index in [1.165, 1.54) is 0 Å². The number of halogens is 1. The summed E-state index contributed by atoms with van der Waals surface area (Å²) in [5.74, 6) is 0.155. The first kappa shape index (κ1) is 13.4. The minimum atomic E-state index is 0.0915. The highest BCUT2D eigenvalue weighted by atomic mass is 35.5. The van der Waals surface area contributed by atoms with Gasteiger partial charge in [-0.15, -0.1) is 0 Å². The predicted molar refractivity (Wildman–Crippen MR) is 73.4 cm³/mol. The summed E-state index contributed by atoms with van der Waals surface area (Å²) >= 11 is 5.89. The van der Waals surface area contributed by atoms with E-state index < -0.39 is 0 Å². The zero-order chi connectivity index (χ0) is 13.1. The average molecular weight is 267 g/mol. The Morgan fingerprint density at radius 2 is 2.06 bits per heavy atom. The number of rotatable bonds is 5. The maximum Gasteiger partial charge on any atom is 0.224 e. The molecule has 0 aliphatic heterocycles. The predicted octanol–water partition coefficient (Wildman–Crippen LogP) is 2.74. The maximum absolute atomic E-state index is 12.1. The number of benzene rings is 1. The molecule has 3 nitrogen and oxygen atoms in total. The molecule has 0 saturated heterocycles. The van der Waals surface area contributed by atoms with E-state index in [2.05, 4.69) is 6.92 Å². The molecule has 18 heavy (non-hydrogen) atoms. The monoisotopic (exact) mass is 266 g/mol. The van der Waals surface area contributed by atoms with Crippen LogP contribution in [0.4, 0.5) is 0 Å². The van der Waals surface area contributed by atoms with Crippen LogP contribution in [-0.4, -0.2) is 23.4 Å². The van der Waals surface area contributed by atoms with Crippen LogP contribution >= 0.6 is 11.6 Å². The molecule has 1 unspecified atom stereocenters. The standard InChI is InChI=1S/C14H19ClN2O/c1-10(11-2-4-12(15)5-3-11)17(13-6-7-13)14(18)8-9-16/h2-5,10,13H,6-9,16H2,1H3. The van der Waals surface area contributed by atoms with Crippen LogP contribution in [-0.2, 0) is 4.79 Å². The van der Waals surface area contributed by atoms with Gasteiger partial charge < -0.3 is 10.6 Å². The van der Waals surface area contributed by atoms with Crippen molar-refractivity contribution in [2.24, 2.45) is 5.73 Å². The molecule has 1 amide bonds. The summed E-state index contributed by atoms with van der Waals surface area (Å²) in [5.41, 5.74) is 6.60. The zero-order valence-electron chi connectivity index (χ0n) is 10.6. The number of carbonyl (C=O) groups excluding carboxylic acids is 1. The van der Waals surface area contributed by atoms with Crippen LogP contribution in [0.25, 0.3) is 0 Å². The van der Waals surface area contributed by atoms with Gasteiger partial charge in [-0.3, -0.25) is 4.79 Å². The summed E-state index contributed by atoms with van der Waals surface area (Å²) in [7, 11) is 0. The van der Waals surface area contributed by atoms with Gasteiger partial charge in [0.25, 0.3) is 0 Å². The van der Waals surface area contributed by atoms with E-state index in [1.807, 2.05) is 29.2 Å². The SMILES string of the molecule is CC(c1ccc(Cl)cc1)N(C(=O)CCN)C1CC1. The van der Waals surface area contributed by atoms with Crippen molar-refractivity contribution in [3.05, 3.63) is 34.9 Å². The Hall–Kier alpha value is -1.06. The molecule has 0 heterocycles. The Morgan fingerprint density at radius 3 is 2.56 bits per heavy atom. The number of nitrogens with zero attached hydrogens (tertiary/aromatic N) is 1. The summed E-state index contributed by atoms with van der Waals surface area (Å²) in [6.45, 7) is 2.48. The fourth-order valence-electron chi connectivity index (χ4n) is 2.24. The molecule has 0 spiro atoms. The fraction of sp³-hybridized carbons (Fsp3) is 0.500. The summed E-state index contributed by atoms with van der Waals surface area (Å²) < 4.78 is 0. The first-order valence-electron chi connectivity index (χ1n) is 6.40. The van der Waals surface area contributed by atoms with Gasteiger partial charge in [0.05, 0.1) is 6.04 Å². The molecule has 1 aromatic carbocycles. The lowest BCUT2D eigenvalue weighted by Crippen LogP contribution is -2.36. The van der Waals surface area contributed by atoms with Crippen LogP contribution in [0.1, 0.15) is 37.8 Å². The molecule has 2 N–H and O–H groups in total. The Kier molecular flexibility index (Phi) is 4.25. The van der Waals surface area contributed by atoms with Crippen molar-refractivity contribution in [3.8, 4) is 0 Å². The quantitative estimate of drug-likeness (QED) is 0.891. The highest BCUT2D eigenvalue weighted by Gasteiger charge is 2.35. The van der Waals surface area contributed by atoms with Crippen molar-refractivity contribution in [2.45, 2.75) is 38.3 Å². The maximum atomic E-state index is 12.1. The Labute approximate surface area is 113 Å². The van der Waals surface area contributed by atoms with Crippen molar-refractivity contribution < 1.29 is 4.79 Å². The number of carbonyl (C=O) groups is 1. The number of nitrogens with two attached hydrogens (primary N) is 1. The first-order chi connectivity index (χ1) is 8.63. The molecule has 98 valence electrons. The van der Waals surface area contributed by atoms with Crippen molar-refractivity contribution in [2.75, 3.05) is 6.54 Å². The van der Waals surface area contributed by atoms with Crippen molar-refractivity contribution in [3.63, 3.8) is 0 Å². The number of hydrogen-bond donors (Lipinski definition) is 1. The van der Waals surface area contributed by atoms with Gasteiger partial charge in [-0.25, -0.2) is 0 Å². The fourth-order valence-corrected chi connectivity index (χ4v) is 2.37. The first-order valence-corrected chi connectivity index (χ1v) is 6.78. The molecular weight excluding hydrogens is 248 g/mol. The second-order valence-corrected chi connectivity index (χ2v) is 5.23. The summed E-state index contributed by atoms with van der Waals surface area (Å²) in [4.78, 5) is 14.1. The molecule has 4 heteroatoms. The van der Waals surface area contributed by atoms with Crippen molar-refractivity contribution >= 4 is 17.5 Å². The second kappa shape index (κ2) is 5.72. The molecule has 0 bridgehead atoms. The van der Waals surface area contributed by atoms with Gasteiger partial charge in [0.2, 0.25) is 5.91 Å². The largest absolute Gasteiger partial charge is 0.333 e. The third-order valence-electron chi connectivity index (χ3n) is 3.36. The highest BCUT2D eigenvalue weighted by Crippen LogP contribution is 2.35. The van der Waals surface area contributed by atoms with Gasteiger partial charge >= 0.3 is 0 Å². The van der Waals surface area contributed by atoms with Crippen LogP contribution in [0, 0.1) is 0 Å². The van der Waals surface area contributed by atoms with Gasteiger partial charge in [0, 0.05) is 24.0 Å². The summed E-state index contributed by atoms with van der Waals surface area (Å²) in [6.07, 6.45) is 2.64. The number of amides is 1. The van der Waals surface area contributed by atoms with Gasteiger partial charge in [0.15, 0.2) is 0 Å². The van der Waals surface area contributed by atoms with Crippen LogP contribution < -0.4 is 5.73 Å². The summed E-state index contributed by atoms with van der Waals surface area (Å²) in [6, 6.07) is 8.19. The van der Waals surface area contributed by atoms with E-state index >= 15 is 0 Å². The molecule has 2 rings (SSSR count). The zero-order valence-corrected chi connectivity index (χ0v) is 11.4. The Morgan fingerprint density at radius 1 is 1.44 bits per heavy atom. The van der Waals surface area contributed by atoms with Crippen LogP contribution in [0.3, 0.4) is 0 Å². The van der Waals surface area contributed by atoms with E-state index in [1.54, 1.807) is 0 Å². The minimum Gasteiger partial charge on any atom is -0.333 e. The number of hydrogen-bond acceptors (Lipinski definition) is 2. The Bertz CT molecular complexity index is 414. The Balaban J connectivity index is 2.15. The molecule has 1 fully saturated rings. The minimum absolute atomic E-state index is 0.0915. The second-order valence-electron chi connectivity index (χ2n) is 4.80. The smallest absolute Gasteiger partial charge is 0.224 e. The molecular formula is C14H19ClN2O. The highest BCUT2D eigenvalue weighted by molar-refractivity contribution is 6.30. The normalized spacial score (nSPS) is 16.4. The molecule has 1 atom stereocenters. The van der Waals surface area contributed by atoms with Crippen molar-refractivity contribution in [1.82, 2.24) is 4.90 Å². The molecule has 0 aromatic heterocycles. The lowest BCUT2D eigenvalue weighted by atomic mass is 10.1. The molecule has 1 aromatic rings. The van der Waals surface area contributed by atoms with Gasteiger partial charge in [0.1, 0.15) is 0 Å². The third kappa shape index (κ3) is 3.03. The average Bonchev–Trinajstić information content (AvgIpc) is 3.15. The van der Waals surface area contributed by atoms with Crippen molar-refractivity contribution in [1.29, 1.82) is 0 Å². The van der Waals surface area contributed by atoms with E-state index in [-0.39, 0.29) is 11.9 Å². The van der Waals surface area contributed by atoms with Crippen LogP contribution in [0.5, 0.6) is 0 Å². The lowest BCUT2D eigenvalue weighted by molar-refractivity contribution is -0.133. The van der Waals surface area contributed by atoms with E-state index in [0.29, 0.717) is 19.0 Å². The van der Waals surface area contributed by atoms with E-state index in [0.717, 1.165) is 23.4 Å². The van der Waals surface area contributed by atoms with E-state index in [9.17, 15) is 4.79 Å². The summed E-state index contributed by atoms with van der Waals surface area (Å²) in [5, 5.41) is 0.720. The molecule has 1 saturated carbocycles. The molecule has 1 aliphatic carbocycles. The van der Waals surface area contributed by atoms with Crippen LogP contribution in [0.15, 0.2) is 24.3 Å².